The molecule has 2 amide bonds. The van der Waals surface area contributed by atoms with E-state index in [1.54, 1.807) is 36.4 Å². The van der Waals surface area contributed by atoms with Crippen LogP contribution in [0.15, 0.2) is 61.2 Å². The molecule has 2 aromatic carbocycles. The molecule has 0 aromatic heterocycles. The lowest BCUT2D eigenvalue weighted by Gasteiger charge is -2.20. The summed E-state index contributed by atoms with van der Waals surface area (Å²) in [7, 11) is -3.47. The molecule has 154 valence electrons. The van der Waals surface area contributed by atoms with Gasteiger partial charge in [0.05, 0.1) is 29.7 Å². The molecule has 0 aliphatic rings. The smallest absolute Gasteiger partial charge is 0.255 e. The van der Waals surface area contributed by atoms with E-state index in [2.05, 4.69) is 17.2 Å². The Labute approximate surface area is 171 Å². The minimum Gasteiger partial charge on any atom is -0.352 e. The van der Waals surface area contributed by atoms with Crippen LogP contribution in [0.25, 0.3) is 0 Å². The molecule has 0 fully saturated rings. The number of carbonyl (C=O) groups is 2. The molecule has 0 bridgehead atoms. The van der Waals surface area contributed by atoms with Crippen molar-refractivity contribution in [2.45, 2.75) is 13.3 Å². The van der Waals surface area contributed by atoms with Gasteiger partial charge in [0.2, 0.25) is 10.0 Å². The van der Waals surface area contributed by atoms with Crippen molar-refractivity contribution in [3.63, 3.8) is 0 Å². The van der Waals surface area contributed by atoms with Crippen molar-refractivity contribution >= 4 is 33.2 Å². The van der Waals surface area contributed by atoms with E-state index in [0.717, 1.165) is 12.7 Å². The highest BCUT2D eigenvalue weighted by atomic mass is 32.2. The molecule has 0 radical (unpaired) electrons. The van der Waals surface area contributed by atoms with Gasteiger partial charge in [0.25, 0.3) is 11.8 Å². The maximum absolute atomic E-state index is 12.6. The van der Waals surface area contributed by atoms with Crippen molar-refractivity contribution in [1.82, 2.24) is 5.32 Å². The molecule has 0 unspecified atom stereocenters. The zero-order valence-electron chi connectivity index (χ0n) is 16.5. The molecule has 29 heavy (non-hydrogen) atoms. The lowest BCUT2D eigenvalue weighted by Crippen LogP contribution is -2.29. The number of hydrogen-bond donors (Lipinski definition) is 2. The molecule has 0 saturated heterocycles. The average molecular weight is 416 g/mol. The van der Waals surface area contributed by atoms with E-state index in [1.807, 2.05) is 6.92 Å². The summed E-state index contributed by atoms with van der Waals surface area (Å²) in [4.78, 5) is 24.9. The van der Waals surface area contributed by atoms with Crippen molar-refractivity contribution in [1.29, 1.82) is 0 Å². The Bertz CT molecular complexity index is 985. The topological polar surface area (TPSA) is 95.6 Å². The number of anilines is 2. The fraction of sp³-hybridized carbons (Fsp3) is 0.238. The van der Waals surface area contributed by atoms with Crippen LogP contribution in [-0.4, -0.2) is 39.6 Å². The van der Waals surface area contributed by atoms with Gasteiger partial charge in [0.1, 0.15) is 0 Å². The number of benzene rings is 2. The van der Waals surface area contributed by atoms with E-state index < -0.39 is 15.9 Å². The fourth-order valence-corrected chi connectivity index (χ4v) is 3.53. The molecule has 2 rings (SSSR count). The molecule has 0 atom stereocenters. The Morgan fingerprint density at radius 3 is 2.31 bits per heavy atom. The van der Waals surface area contributed by atoms with Crippen LogP contribution in [0.4, 0.5) is 11.4 Å². The molecular formula is C21H25N3O4S. The van der Waals surface area contributed by atoms with Gasteiger partial charge >= 0.3 is 0 Å². The molecule has 0 aliphatic carbocycles. The second-order valence-electron chi connectivity index (χ2n) is 6.39. The van der Waals surface area contributed by atoms with Gasteiger partial charge in [-0.2, -0.15) is 0 Å². The molecular weight excluding hydrogens is 390 g/mol. The maximum atomic E-state index is 12.6. The summed E-state index contributed by atoms with van der Waals surface area (Å²) >= 11 is 0. The molecule has 8 heteroatoms. The SMILES string of the molecule is C=CCN(c1ccc(C(=O)Nc2ccccc2C(=O)NCCC)cc1)S(C)(=O)=O. The highest BCUT2D eigenvalue weighted by molar-refractivity contribution is 7.92. The van der Waals surface area contributed by atoms with Crippen molar-refractivity contribution in [3.05, 3.63) is 72.3 Å². The monoisotopic (exact) mass is 415 g/mol. The van der Waals surface area contributed by atoms with Crippen LogP contribution < -0.4 is 14.9 Å². The Kier molecular flexibility index (Phi) is 7.55. The van der Waals surface area contributed by atoms with Crippen molar-refractivity contribution in [2.24, 2.45) is 0 Å². The van der Waals surface area contributed by atoms with E-state index in [1.165, 1.54) is 22.5 Å². The zero-order valence-corrected chi connectivity index (χ0v) is 17.3. The zero-order chi connectivity index (χ0) is 21.4. The van der Waals surface area contributed by atoms with E-state index in [-0.39, 0.29) is 12.5 Å². The highest BCUT2D eigenvalue weighted by Crippen LogP contribution is 2.20. The third-order valence-electron chi connectivity index (χ3n) is 4.07. The number of amides is 2. The summed E-state index contributed by atoms with van der Waals surface area (Å²) in [6, 6.07) is 12.9. The van der Waals surface area contributed by atoms with Crippen LogP contribution in [0, 0.1) is 0 Å². The number of nitrogens with one attached hydrogen (secondary N) is 2. The minimum absolute atomic E-state index is 0.130. The third-order valence-corrected chi connectivity index (χ3v) is 5.23. The molecule has 2 N–H and O–H groups in total. The maximum Gasteiger partial charge on any atom is 0.255 e. The van der Waals surface area contributed by atoms with Crippen molar-refractivity contribution in [3.8, 4) is 0 Å². The normalized spacial score (nSPS) is 10.8. The summed E-state index contributed by atoms with van der Waals surface area (Å²) in [6.07, 6.45) is 3.41. The number of carbonyl (C=O) groups excluding carboxylic acids is 2. The van der Waals surface area contributed by atoms with Crippen LogP contribution in [0.1, 0.15) is 34.1 Å². The van der Waals surface area contributed by atoms with Crippen LogP contribution in [0.3, 0.4) is 0 Å². The first-order valence-corrected chi connectivity index (χ1v) is 11.0. The number of hydrogen-bond acceptors (Lipinski definition) is 4. The van der Waals surface area contributed by atoms with E-state index in [4.69, 9.17) is 0 Å². The quantitative estimate of drug-likeness (QED) is 0.616. The summed E-state index contributed by atoms with van der Waals surface area (Å²) in [5.74, 6) is -0.659. The molecule has 2 aromatic rings. The summed E-state index contributed by atoms with van der Waals surface area (Å²) in [5.41, 5.74) is 1.55. The van der Waals surface area contributed by atoms with E-state index in [9.17, 15) is 18.0 Å². The number of rotatable bonds is 9. The first-order chi connectivity index (χ1) is 13.8. The third kappa shape index (κ3) is 5.92. The predicted molar refractivity (Wildman–Crippen MR) is 116 cm³/mol. The largest absolute Gasteiger partial charge is 0.352 e. The van der Waals surface area contributed by atoms with Crippen molar-refractivity contribution in [2.75, 3.05) is 29.0 Å². The average Bonchev–Trinajstić information content (AvgIpc) is 2.70. The number of nitrogens with zero attached hydrogens (tertiary/aromatic N) is 1. The highest BCUT2D eigenvalue weighted by Gasteiger charge is 2.17. The lowest BCUT2D eigenvalue weighted by molar-refractivity contribution is 0.0954. The van der Waals surface area contributed by atoms with Gasteiger partial charge < -0.3 is 10.6 Å². The predicted octanol–water partition coefficient (Wildman–Crippen LogP) is 3.03. The van der Waals surface area contributed by atoms with Crippen LogP contribution in [0.2, 0.25) is 0 Å². The molecule has 0 heterocycles. The Morgan fingerprint density at radius 2 is 1.72 bits per heavy atom. The molecule has 0 spiro atoms. The number of para-hydroxylation sites is 1. The van der Waals surface area contributed by atoms with Crippen LogP contribution in [-0.2, 0) is 10.0 Å². The summed E-state index contributed by atoms with van der Waals surface area (Å²) in [6.45, 7) is 6.20. The first kappa shape index (κ1) is 22.2. The summed E-state index contributed by atoms with van der Waals surface area (Å²) < 4.78 is 25.0. The van der Waals surface area contributed by atoms with Gasteiger partial charge in [-0.3, -0.25) is 13.9 Å². The van der Waals surface area contributed by atoms with Gasteiger partial charge in [0, 0.05) is 12.1 Å². The molecule has 7 nitrogen and oxygen atoms in total. The fourth-order valence-electron chi connectivity index (χ4n) is 2.65. The van der Waals surface area contributed by atoms with Gasteiger partial charge in [-0.1, -0.05) is 25.1 Å². The Hall–Kier alpha value is -3.13. The Balaban J connectivity index is 2.20. The van der Waals surface area contributed by atoms with E-state index >= 15 is 0 Å². The van der Waals surface area contributed by atoms with Crippen LogP contribution >= 0.6 is 0 Å². The standard InChI is InChI=1S/C21H25N3O4S/c1-4-14-22-21(26)18-8-6-7-9-19(18)23-20(25)16-10-12-17(13-11-16)24(15-5-2)29(3,27)28/h5-13H,2,4,14-15H2,1,3H3,(H,22,26)(H,23,25). The van der Waals surface area contributed by atoms with Gasteiger partial charge in [-0.05, 0) is 42.8 Å². The summed E-state index contributed by atoms with van der Waals surface area (Å²) in [5, 5.41) is 5.53. The second-order valence-corrected chi connectivity index (χ2v) is 8.29. The van der Waals surface area contributed by atoms with Gasteiger partial charge in [0.15, 0.2) is 0 Å². The molecule has 0 saturated carbocycles. The van der Waals surface area contributed by atoms with Gasteiger partial charge in [-0.15, -0.1) is 6.58 Å². The minimum atomic E-state index is -3.47. The molecule has 0 aliphatic heterocycles. The van der Waals surface area contributed by atoms with Crippen molar-refractivity contribution < 1.29 is 18.0 Å². The Morgan fingerprint density at radius 1 is 1.07 bits per heavy atom. The van der Waals surface area contributed by atoms with Crippen LogP contribution in [0.5, 0.6) is 0 Å². The van der Waals surface area contributed by atoms with Gasteiger partial charge in [-0.25, -0.2) is 8.42 Å². The number of sulfonamides is 1. The second kappa shape index (κ2) is 9.88. The lowest BCUT2D eigenvalue weighted by atomic mass is 10.1. The van der Waals surface area contributed by atoms with E-state index in [0.29, 0.717) is 29.0 Å². The first-order valence-electron chi connectivity index (χ1n) is 9.15.